The van der Waals surface area contributed by atoms with E-state index in [2.05, 4.69) is 37.4 Å². The summed E-state index contributed by atoms with van der Waals surface area (Å²) in [4.78, 5) is 22.2. The zero-order valence-corrected chi connectivity index (χ0v) is 16.1. The number of nitrogens with one attached hydrogen (secondary N) is 2. The Morgan fingerprint density at radius 2 is 1.90 bits per heavy atom. The molecule has 29 heavy (non-hydrogen) atoms. The third-order valence-electron chi connectivity index (χ3n) is 5.37. The first-order chi connectivity index (χ1) is 14.2. The van der Waals surface area contributed by atoms with E-state index in [1.165, 1.54) is 6.20 Å². The number of hydrogen-bond donors (Lipinski definition) is 2. The summed E-state index contributed by atoms with van der Waals surface area (Å²) < 4.78 is 3.66. The van der Waals surface area contributed by atoms with Crippen molar-refractivity contribution < 1.29 is 0 Å². The molecule has 1 aliphatic rings. The van der Waals surface area contributed by atoms with Crippen LogP contribution in [0.2, 0.25) is 0 Å². The maximum Gasteiger partial charge on any atom is 0.263 e. The van der Waals surface area contributed by atoms with Crippen LogP contribution in [0, 0.1) is 0 Å². The summed E-state index contributed by atoms with van der Waals surface area (Å²) in [6.45, 7) is 2.14. The quantitative estimate of drug-likeness (QED) is 0.555. The fourth-order valence-corrected chi connectivity index (χ4v) is 3.73. The molecule has 1 aliphatic heterocycles. The summed E-state index contributed by atoms with van der Waals surface area (Å²) in [6, 6.07) is 10.0. The zero-order valence-electron chi connectivity index (χ0n) is 16.1. The standard InChI is InChI=1S/C20H22N8O/c1-26-9-7-15(8-10-26)27-13-14(11-21-27)23-20-24-18-17(19(29)25-20)12-22-28(18)16-5-3-2-4-6-16/h2-6,11-13,15H,7-10H2,1H3,(H2,23,24,25,29). The second kappa shape index (κ2) is 7.17. The number of nitrogens with zero attached hydrogens (tertiary/aromatic N) is 6. The number of hydrogen-bond acceptors (Lipinski definition) is 6. The zero-order chi connectivity index (χ0) is 19.8. The van der Waals surface area contributed by atoms with Crippen molar-refractivity contribution >= 4 is 22.7 Å². The van der Waals surface area contributed by atoms with Gasteiger partial charge < -0.3 is 10.2 Å². The minimum Gasteiger partial charge on any atom is -0.323 e. The first kappa shape index (κ1) is 17.6. The van der Waals surface area contributed by atoms with Gasteiger partial charge in [-0.3, -0.25) is 14.5 Å². The Morgan fingerprint density at radius 1 is 1.10 bits per heavy atom. The smallest absolute Gasteiger partial charge is 0.263 e. The molecule has 148 valence electrons. The summed E-state index contributed by atoms with van der Waals surface area (Å²) in [5, 5.41) is 12.4. The maximum atomic E-state index is 12.5. The average molecular weight is 390 g/mol. The number of anilines is 2. The van der Waals surface area contributed by atoms with Gasteiger partial charge in [0.15, 0.2) is 5.65 Å². The Hall–Kier alpha value is -3.46. The number of aromatic amines is 1. The predicted molar refractivity (Wildman–Crippen MR) is 111 cm³/mol. The van der Waals surface area contributed by atoms with Gasteiger partial charge >= 0.3 is 0 Å². The van der Waals surface area contributed by atoms with Gasteiger partial charge in [0.1, 0.15) is 5.39 Å². The van der Waals surface area contributed by atoms with Crippen LogP contribution < -0.4 is 10.9 Å². The van der Waals surface area contributed by atoms with Crippen molar-refractivity contribution in [2.75, 3.05) is 25.5 Å². The first-order valence-corrected chi connectivity index (χ1v) is 9.70. The lowest BCUT2D eigenvalue weighted by Gasteiger charge is -2.28. The van der Waals surface area contributed by atoms with Crippen molar-refractivity contribution in [3.05, 3.63) is 59.3 Å². The van der Waals surface area contributed by atoms with E-state index in [0.29, 0.717) is 23.0 Å². The maximum absolute atomic E-state index is 12.5. The molecule has 0 atom stereocenters. The Morgan fingerprint density at radius 3 is 2.69 bits per heavy atom. The summed E-state index contributed by atoms with van der Waals surface area (Å²) in [6.07, 6.45) is 7.42. The third kappa shape index (κ3) is 3.40. The fourth-order valence-electron chi connectivity index (χ4n) is 3.73. The monoisotopic (exact) mass is 390 g/mol. The molecule has 9 nitrogen and oxygen atoms in total. The molecular weight excluding hydrogens is 368 g/mol. The molecule has 4 aromatic rings. The number of benzene rings is 1. The van der Waals surface area contributed by atoms with E-state index in [1.54, 1.807) is 10.9 Å². The van der Waals surface area contributed by atoms with Crippen molar-refractivity contribution in [3.63, 3.8) is 0 Å². The van der Waals surface area contributed by atoms with Gasteiger partial charge in [-0.25, -0.2) is 4.68 Å². The molecule has 0 unspecified atom stereocenters. The van der Waals surface area contributed by atoms with Crippen LogP contribution in [-0.4, -0.2) is 54.6 Å². The van der Waals surface area contributed by atoms with Crippen molar-refractivity contribution in [1.29, 1.82) is 0 Å². The molecule has 0 aliphatic carbocycles. The van der Waals surface area contributed by atoms with E-state index in [-0.39, 0.29) is 5.56 Å². The van der Waals surface area contributed by atoms with E-state index >= 15 is 0 Å². The van der Waals surface area contributed by atoms with Crippen molar-refractivity contribution in [2.24, 2.45) is 0 Å². The van der Waals surface area contributed by atoms with Gasteiger partial charge in [0.05, 0.1) is 29.8 Å². The van der Waals surface area contributed by atoms with Crippen molar-refractivity contribution in [1.82, 2.24) is 34.4 Å². The van der Waals surface area contributed by atoms with Crippen molar-refractivity contribution in [3.8, 4) is 5.69 Å². The number of rotatable bonds is 4. The first-order valence-electron chi connectivity index (χ1n) is 9.70. The van der Waals surface area contributed by atoms with E-state index in [4.69, 9.17) is 0 Å². The third-order valence-corrected chi connectivity index (χ3v) is 5.37. The highest BCUT2D eigenvalue weighted by atomic mass is 16.1. The van der Waals surface area contributed by atoms with E-state index in [9.17, 15) is 4.79 Å². The molecule has 5 rings (SSSR count). The Kier molecular flexibility index (Phi) is 4.36. The molecule has 0 spiro atoms. The highest BCUT2D eigenvalue weighted by molar-refractivity contribution is 5.76. The van der Waals surface area contributed by atoms with Gasteiger partial charge in [-0.1, -0.05) is 18.2 Å². The topological polar surface area (TPSA) is 96.7 Å². The molecular formula is C20H22N8O. The van der Waals surface area contributed by atoms with Crippen LogP contribution in [0.5, 0.6) is 0 Å². The number of H-pyrrole nitrogens is 1. The van der Waals surface area contributed by atoms with E-state index < -0.39 is 0 Å². The minimum atomic E-state index is -0.234. The molecule has 3 aromatic heterocycles. The molecule has 1 saturated heterocycles. The normalized spacial score (nSPS) is 15.8. The lowest BCUT2D eigenvalue weighted by atomic mass is 10.1. The van der Waals surface area contributed by atoms with Crippen LogP contribution >= 0.6 is 0 Å². The van der Waals surface area contributed by atoms with E-state index in [0.717, 1.165) is 37.3 Å². The summed E-state index contributed by atoms with van der Waals surface area (Å²) in [5.41, 5.74) is 1.91. The summed E-state index contributed by atoms with van der Waals surface area (Å²) >= 11 is 0. The highest BCUT2D eigenvalue weighted by Gasteiger charge is 2.19. The Labute approximate surface area is 167 Å². The van der Waals surface area contributed by atoms with Gasteiger partial charge in [0.2, 0.25) is 5.95 Å². The second-order valence-electron chi connectivity index (χ2n) is 7.41. The molecule has 1 fully saturated rings. The lowest BCUT2D eigenvalue weighted by Crippen LogP contribution is -2.31. The highest BCUT2D eigenvalue weighted by Crippen LogP contribution is 2.23. The molecule has 0 saturated carbocycles. The van der Waals surface area contributed by atoms with Gasteiger partial charge in [0, 0.05) is 6.20 Å². The second-order valence-corrected chi connectivity index (χ2v) is 7.41. The largest absolute Gasteiger partial charge is 0.323 e. The van der Waals surface area contributed by atoms with Gasteiger partial charge in [0.25, 0.3) is 5.56 Å². The molecule has 0 bridgehead atoms. The number of piperidine rings is 1. The van der Waals surface area contributed by atoms with Crippen LogP contribution in [-0.2, 0) is 0 Å². The molecule has 2 N–H and O–H groups in total. The summed E-state index contributed by atoms with van der Waals surface area (Å²) in [5.74, 6) is 0.364. The van der Waals surface area contributed by atoms with Crippen molar-refractivity contribution in [2.45, 2.75) is 18.9 Å². The summed E-state index contributed by atoms with van der Waals surface area (Å²) in [7, 11) is 2.14. The average Bonchev–Trinajstić information content (AvgIpc) is 3.37. The molecule has 0 radical (unpaired) electrons. The fraction of sp³-hybridized carbons (Fsp3) is 0.300. The SMILES string of the molecule is CN1CCC(n2cc(Nc3nc4c(cnn4-c4ccccc4)c(=O)[nH]3)cn2)CC1. The van der Waals surface area contributed by atoms with Crippen LogP contribution in [0.25, 0.3) is 16.7 Å². The Balaban J connectivity index is 1.43. The molecule has 9 heteroatoms. The lowest BCUT2D eigenvalue weighted by molar-refractivity contribution is 0.212. The number of likely N-dealkylation sites (tertiary alicyclic amines) is 1. The van der Waals surface area contributed by atoms with Gasteiger partial charge in [-0.2, -0.15) is 15.2 Å². The molecule has 0 amide bonds. The van der Waals surface area contributed by atoms with Crippen LogP contribution in [0.3, 0.4) is 0 Å². The van der Waals surface area contributed by atoms with Crippen LogP contribution in [0.4, 0.5) is 11.6 Å². The predicted octanol–water partition coefficient (Wildman–Crippen LogP) is 2.32. The van der Waals surface area contributed by atoms with E-state index in [1.807, 2.05) is 41.2 Å². The van der Waals surface area contributed by atoms with Crippen LogP contribution in [0.15, 0.2) is 53.7 Å². The van der Waals surface area contributed by atoms with Gasteiger partial charge in [-0.05, 0) is 45.1 Å². The molecule has 4 heterocycles. The minimum absolute atomic E-state index is 0.234. The number of aromatic nitrogens is 6. The van der Waals surface area contributed by atoms with Crippen LogP contribution in [0.1, 0.15) is 18.9 Å². The Bertz CT molecular complexity index is 1180. The molecule has 1 aromatic carbocycles. The number of fused-ring (bicyclic) bond motifs is 1. The number of para-hydroxylation sites is 1. The van der Waals surface area contributed by atoms with Gasteiger partial charge in [-0.15, -0.1) is 0 Å².